The van der Waals surface area contributed by atoms with E-state index in [1.165, 1.54) is 141 Å². The fourth-order valence-electron chi connectivity index (χ4n) is 5.50. The Bertz CT molecular complexity index is 769. The molecule has 0 aliphatic carbocycles. The lowest BCUT2D eigenvalue weighted by Gasteiger charge is -2.28. The number of phosphoric ester groups is 1. The molecule has 0 aliphatic rings. The Morgan fingerprint density at radius 2 is 0.958 bits per heavy atom. The van der Waals surface area contributed by atoms with E-state index >= 15 is 0 Å². The smallest absolute Gasteiger partial charge is 0.268 e. The quantitative estimate of drug-likeness (QED) is 0.0276. The second-order valence-corrected chi connectivity index (χ2v) is 16.2. The van der Waals surface area contributed by atoms with Crippen molar-refractivity contribution >= 4 is 7.82 Å². The molecule has 0 fully saturated rings. The molecule has 0 aromatic heterocycles. The first-order chi connectivity index (χ1) is 23.2. The van der Waals surface area contributed by atoms with Crippen molar-refractivity contribution in [2.24, 2.45) is 0 Å². The molecule has 0 heterocycles. The maximum atomic E-state index is 12.3. The zero-order valence-corrected chi connectivity index (χ0v) is 33.3. The van der Waals surface area contributed by atoms with Crippen LogP contribution < -0.4 is 4.89 Å². The van der Waals surface area contributed by atoms with Crippen LogP contribution in [0.15, 0.2) is 24.7 Å². The molecule has 0 rings (SSSR count). The Balaban J connectivity index is 4.24. The number of nitrogens with zero attached hydrogens (tertiary/aromatic N) is 1. The predicted octanol–water partition coefficient (Wildman–Crippen LogP) is 11.8. The van der Waals surface area contributed by atoms with Gasteiger partial charge in [-0.25, -0.2) is 0 Å². The number of hydrogen-bond donors (Lipinski definition) is 0. The summed E-state index contributed by atoms with van der Waals surface area (Å²) in [5.74, 6) is 0. The molecular formula is C40H80NO6P. The lowest BCUT2D eigenvalue weighted by atomic mass is 10.0. The molecule has 0 saturated heterocycles. The minimum Gasteiger partial charge on any atom is -0.756 e. The number of ether oxygens (including phenoxy) is 2. The molecular weight excluding hydrogens is 621 g/mol. The van der Waals surface area contributed by atoms with E-state index in [9.17, 15) is 9.46 Å². The van der Waals surface area contributed by atoms with Crippen molar-refractivity contribution in [1.29, 1.82) is 0 Å². The van der Waals surface area contributed by atoms with Crippen LogP contribution in [0.3, 0.4) is 0 Å². The van der Waals surface area contributed by atoms with E-state index in [1.54, 1.807) is 12.5 Å². The minimum absolute atomic E-state index is 0.0765. The van der Waals surface area contributed by atoms with Gasteiger partial charge in [0.05, 0.1) is 40.3 Å². The summed E-state index contributed by atoms with van der Waals surface area (Å²) in [6.45, 7) is 5.23. The molecule has 0 aromatic carbocycles. The van der Waals surface area contributed by atoms with E-state index in [0.717, 1.165) is 25.7 Å². The van der Waals surface area contributed by atoms with Crippen LogP contribution in [-0.4, -0.2) is 58.1 Å². The number of unbranched alkanes of at least 4 members (excludes halogenated alkanes) is 24. The Morgan fingerprint density at radius 3 is 1.38 bits per heavy atom. The SMILES string of the molecule is CCCCCCCCCCCCCC/C=C\OC[C@H](COP(=O)([O-])OCC[N+](C)(C)C)O/C=C\CCCCCCCCCCCCCC. The third-order valence-electron chi connectivity index (χ3n) is 8.72. The van der Waals surface area contributed by atoms with Crippen molar-refractivity contribution in [3.8, 4) is 0 Å². The van der Waals surface area contributed by atoms with E-state index < -0.39 is 13.9 Å². The summed E-state index contributed by atoms with van der Waals surface area (Å²) in [5, 5.41) is 0. The predicted molar refractivity (Wildman–Crippen MR) is 203 cm³/mol. The fourth-order valence-corrected chi connectivity index (χ4v) is 6.23. The monoisotopic (exact) mass is 702 g/mol. The van der Waals surface area contributed by atoms with Crippen LogP contribution in [0.4, 0.5) is 0 Å². The highest BCUT2D eigenvalue weighted by Gasteiger charge is 2.17. The zero-order valence-electron chi connectivity index (χ0n) is 32.4. The van der Waals surface area contributed by atoms with Crippen molar-refractivity contribution in [2.75, 3.05) is 47.5 Å². The Labute approximate surface area is 298 Å². The van der Waals surface area contributed by atoms with Gasteiger partial charge < -0.3 is 27.9 Å². The molecule has 8 heteroatoms. The van der Waals surface area contributed by atoms with Crippen LogP contribution in [-0.2, 0) is 23.1 Å². The molecule has 0 bridgehead atoms. The van der Waals surface area contributed by atoms with Gasteiger partial charge in [-0.3, -0.25) is 4.57 Å². The van der Waals surface area contributed by atoms with Crippen LogP contribution >= 0.6 is 7.82 Å². The molecule has 0 amide bonds. The molecule has 48 heavy (non-hydrogen) atoms. The fraction of sp³-hybridized carbons (Fsp3) is 0.900. The second-order valence-electron chi connectivity index (χ2n) is 14.8. The largest absolute Gasteiger partial charge is 0.756 e. The number of quaternary nitrogens is 1. The molecule has 286 valence electrons. The summed E-state index contributed by atoms with van der Waals surface area (Å²) in [6.07, 6.45) is 40.9. The lowest BCUT2D eigenvalue weighted by Crippen LogP contribution is -2.37. The van der Waals surface area contributed by atoms with E-state index in [1.807, 2.05) is 33.3 Å². The van der Waals surface area contributed by atoms with Crippen molar-refractivity contribution in [3.05, 3.63) is 24.7 Å². The molecule has 0 saturated carbocycles. The van der Waals surface area contributed by atoms with Crippen molar-refractivity contribution < 1.29 is 32.5 Å². The van der Waals surface area contributed by atoms with Crippen molar-refractivity contribution in [1.82, 2.24) is 0 Å². The standard InChI is InChI=1S/C40H80NO6P/c1-6-8-10-12-14-16-18-20-22-24-26-28-30-32-35-44-38-40(39-47-48(42,43)46-37-34-41(3,4)5)45-36-33-31-29-27-25-23-21-19-17-15-13-11-9-7-2/h32-33,35-36,40H,6-31,34,37-39H2,1-5H3/b35-32-,36-33-/t40-/m1/s1. The molecule has 2 atom stereocenters. The normalized spacial score (nSPS) is 14.2. The van der Waals surface area contributed by atoms with Gasteiger partial charge in [-0.15, -0.1) is 0 Å². The first-order valence-electron chi connectivity index (χ1n) is 20.2. The van der Waals surface area contributed by atoms with Gasteiger partial charge in [-0.1, -0.05) is 155 Å². The van der Waals surface area contributed by atoms with Crippen LogP contribution in [0.25, 0.3) is 0 Å². The highest BCUT2D eigenvalue weighted by molar-refractivity contribution is 7.45. The van der Waals surface area contributed by atoms with Gasteiger partial charge in [-0.05, 0) is 37.8 Å². The summed E-state index contributed by atoms with van der Waals surface area (Å²) < 4.78 is 34.7. The van der Waals surface area contributed by atoms with E-state index in [2.05, 4.69) is 13.8 Å². The van der Waals surface area contributed by atoms with Crippen molar-refractivity contribution in [3.63, 3.8) is 0 Å². The van der Waals surface area contributed by atoms with Gasteiger partial charge in [0.2, 0.25) is 0 Å². The Morgan fingerprint density at radius 1 is 0.562 bits per heavy atom. The molecule has 0 spiro atoms. The van der Waals surface area contributed by atoms with Gasteiger partial charge in [0, 0.05) is 0 Å². The van der Waals surface area contributed by atoms with Crippen LogP contribution in [0.2, 0.25) is 0 Å². The number of likely N-dealkylation sites (N-methyl/N-ethyl adjacent to an activating group) is 1. The van der Waals surface area contributed by atoms with Gasteiger partial charge in [0.15, 0.2) is 6.10 Å². The number of allylic oxidation sites excluding steroid dienone is 2. The third-order valence-corrected chi connectivity index (χ3v) is 9.68. The van der Waals surface area contributed by atoms with Crippen LogP contribution in [0, 0.1) is 0 Å². The highest BCUT2D eigenvalue weighted by atomic mass is 31.2. The summed E-state index contributed by atoms with van der Waals surface area (Å²) in [5.41, 5.74) is 0. The minimum atomic E-state index is -4.42. The zero-order chi connectivity index (χ0) is 35.4. The second kappa shape index (κ2) is 34.6. The summed E-state index contributed by atoms with van der Waals surface area (Å²) in [6, 6.07) is 0. The molecule has 0 N–H and O–H groups in total. The highest BCUT2D eigenvalue weighted by Crippen LogP contribution is 2.38. The first-order valence-corrected chi connectivity index (χ1v) is 21.6. The molecule has 0 aromatic rings. The van der Waals surface area contributed by atoms with Gasteiger partial charge in [-0.2, -0.15) is 0 Å². The number of phosphoric acid groups is 1. The average molecular weight is 702 g/mol. The number of rotatable bonds is 38. The molecule has 0 radical (unpaired) electrons. The number of hydrogen-bond acceptors (Lipinski definition) is 6. The van der Waals surface area contributed by atoms with Gasteiger partial charge in [0.1, 0.15) is 19.8 Å². The van der Waals surface area contributed by atoms with E-state index in [4.69, 9.17) is 18.5 Å². The Kier molecular flexibility index (Phi) is 34.0. The summed E-state index contributed by atoms with van der Waals surface area (Å²) in [4.78, 5) is 12.3. The topological polar surface area (TPSA) is 77.1 Å². The molecule has 7 nitrogen and oxygen atoms in total. The van der Waals surface area contributed by atoms with E-state index in [0.29, 0.717) is 11.0 Å². The third kappa shape index (κ3) is 38.0. The Hall–Kier alpha value is -0.850. The summed E-state index contributed by atoms with van der Waals surface area (Å²) >= 11 is 0. The van der Waals surface area contributed by atoms with Crippen LogP contribution in [0.5, 0.6) is 0 Å². The van der Waals surface area contributed by atoms with E-state index in [-0.39, 0.29) is 19.8 Å². The lowest BCUT2D eigenvalue weighted by molar-refractivity contribution is -0.870. The molecule has 1 unspecified atom stereocenters. The maximum Gasteiger partial charge on any atom is 0.268 e. The van der Waals surface area contributed by atoms with Gasteiger partial charge >= 0.3 is 0 Å². The van der Waals surface area contributed by atoms with Crippen molar-refractivity contribution in [2.45, 2.75) is 187 Å². The average Bonchev–Trinajstić information content (AvgIpc) is 3.04. The van der Waals surface area contributed by atoms with Gasteiger partial charge in [0.25, 0.3) is 7.82 Å². The maximum absolute atomic E-state index is 12.3. The molecule has 0 aliphatic heterocycles. The van der Waals surface area contributed by atoms with Crippen LogP contribution in [0.1, 0.15) is 181 Å². The summed E-state index contributed by atoms with van der Waals surface area (Å²) in [7, 11) is 1.53. The first kappa shape index (κ1) is 47.1.